The fourth-order valence-electron chi connectivity index (χ4n) is 2.01. The Labute approximate surface area is 129 Å². The Balaban J connectivity index is 2.16. The van der Waals surface area contributed by atoms with Crippen molar-refractivity contribution in [1.82, 2.24) is 4.72 Å². The standard InChI is InChI=1S/C15H19NO5S/c1-11-9-12(6-7-13(11)20-3)22(18,19)16-10-15(2,17)14-5-4-8-21-14/h4-9,16-17H,10H2,1-3H3. The average molecular weight is 325 g/mol. The van der Waals surface area contributed by atoms with Crippen LogP contribution in [0.2, 0.25) is 0 Å². The second-order valence-electron chi connectivity index (χ2n) is 5.21. The van der Waals surface area contributed by atoms with Crippen molar-refractivity contribution in [3.05, 3.63) is 47.9 Å². The zero-order chi connectivity index (χ0) is 16.4. The lowest BCUT2D eigenvalue weighted by Crippen LogP contribution is -2.38. The summed E-state index contributed by atoms with van der Waals surface area (Å²) >= 11 is 0. The van der Waals surface area contributed by atoms with E-state index in [1.165, 1.54) is 32.4 Å². The van der Waals surface area contributed by atoms with E-state index in [4.69, 9.17) is 9.15 Å². The van der Waals surface area contributed by atoms with E-state index in [2.05, 4.69) is 4.72 Å². The van der Waals surface area contributed by atoms with Gasteiger partial charge in [-0.2, -0.15) is 0 Å². The molecule has 0 aliphatic rings. The molecule has 2 aromatic rings. The average Bonchev–Trinajstić information content (AvgIpc) is 3.00. The normalized spacial score (nSPS) is 14.5. The van der Waals surface area contributed by atoms with E-state index < -0.39 is 15.6 Å². The highest BCUT2D eigenvalue weighted by Crippen LogP contribution is 2.23. The van der Waals surface area contributed by atoms with Gasteiger partial charge < -0.3 is 14.3 Å². The smallest absolute Gasteiger partial charge is 0.240 e. The van der Waals surface area contributed by atoms with Crippen molar-refractivity contribution in [3.63, 3.8) is 0 Å². The van der Waals surface area contributed by atoms with Crippen LogP contribution in [0.3, 0.4) is 0 Å². The first-order chi connectivity index (χ1) is 10.3. The molecule has 0 aliphatic carbocycles. The van der Waals surface area contributed by atoms with Gasteiger partial charge in [-0.05, 0) is 49.7 Å². The van der Waals surface area contributed by atoms with Crippen molar-refractivity contribution >= 4 is 10.0 Å². The molecule has 1 atom stereocenters. The first kappa shape index (κ1) is 16.5. The number of aliphatic hydroxyl groups is 1. The van der Waals surface area contributed by atoms with E-state index >= 15 is 0 Å². The quantitative estimate of drug-likeness (QED) is 0.845. The summed E-state index contributed by atoms with van der Waals surface area (Å²) in [6, 6.07) is 7.78. The minimum absolute atomic E-state index is 0.112. The van der Waals surface area contributed by atoms with Crippen LogP contribution in [-0.2, 0) is 15.6 Å². The minimum atomic E-state index is -3.74. The Morgan fingerprint density at radius 3 is 2.64 bits per heavy atom. The van der Waals surface area contributed by atoms with Gasteiger partial charge in [-0.1, -0.05) is 0 Å². The summed E-state index contributed by atoms with van der Waals surface area (Å²) in [5.74, 6) is 0.905. The number of aryl methyl sites for hydroxylation is 1. The zero-order valence-corrected chi connectivity index (χ0v) is 13.5. The monoisotopic (exact) mass is 325 g/mol. The minimum Gasteiger partial charge on any atom is -0.496 e. The highest BCUT2D eigenvalue weighted by atomic mass is 32.2. The summed E-state index contributed by atoms with van der Waals surface area (Å²) in [4.78, 5) is 0.112. The third-order valence-electron chi connectivity index (χ3n) is 3.34. The van der Waals surface area contributed by atoms with Crippen molar-refractivity contribution in [3.8, 4) is 5.75 Å². The Hall–Kier alpha value is -1.83. The van der Waals surface area contributed by atoms with Crippen molar-refractivity contribution < 1.29 is 22.7 Å². The molecule has 2 N–H and O–H groups in total. The maximum absolute atomic E-state index is 12.3. The van der Waals surface area contributed by atoms with E-state index in [1.54, 1.807) is 25.1 Å². The molecule has 1 unspecified atom stereocenters. The second kappa shape index (κ2) is 6.12. The maximum Gasteiger partial charge on any atom is 0.240 e. The lowest BCUT2D eigenvalue weighted by Gasteiger charge is -2.21. The summed E-state index contributed by atoms with van der Waals surface area (Å²) in [6.45, 7) is 3.04. The van der Waals surface area contributed by atoms with Gasteiger partial charge in [-0.3, -0.25) is 0 Å². The van der Waals surface area contributed by atoms with Crippen LogP contribution in [0.15, 0.2) is 45.9 Å². The first-order valence-corrected chi connectivity index (χ1v) is 8.15. The van der Waals surface area contributed by atoms with Crippen molar-refractivity contribution in [2.75, 3.05) is 13.7 Å². The highest BCUT2D eigenvalue weighted by molar-refractivity contribution is 7.89. The molecule has 1 aromatic carbocycles. The lowest BCUT2D eigenvalue weighted by molar-refractivity contribution is 0.0395. The number of ether oxygens (including phenoxy) is 1. The Morgan fingerprint density at radius 1 is 1.36 bits per heavy atom. The number of hydrogen-bond acceptors (Lipinski definition) is 5. The predicted molar refractivity (Wildman–Crippen MR) is 81.2 cm³/mol. The van der Waals surface area contributed by atoms with Crippen molar-refractivity contribution in [1.29, 1.82) is 0 Å². The van der Waals surface area contributed by atoms with Gasteiger partial charge in [0.1, 0.15) is 17.1 Å². The molecule has 6 nitrogen and oxygen atoms in total. The second-order valence-corrected chi connectivity index (χ2v) is 6.97. The van der Waals surface area contributed by atoms with E-state index in [0.717, 1.165) is 0 Å². The molecule has 0 amide bonds. The molecule has 1 heterocycles. The van der Waals surface area contributed by atoms with Crippen molar-refractivity contribution in [2.45, 2.75) is 24.3 Å². The summed E-state index contributed by atoms with van der Waals surface area (Å²) in [5.41, 5.74) is -0.721. The molecule has 0 fully saturated rings. The van der Waals surface area contributed by atoms with Crippen LogP contribution in [0, 0.1) is 6.92 Å². The number of furan rings is 1. The number of nitrogens with one attached hydrogen (secondary N) is 1. The summed E-state index contributed by atoms with van der Waals surface area (Å²) < 4.78 is 37.2. The number of methoxy groups -OCH3 is 1. The summed E-state index contributed by atoms with van der Waals surface area (Å²) in [6.07, 6.45) is 1.42. The van der Waals surface area contributed by atoms with Crippen LogP contribution in [0.1, 0.15) is 18.2 Å². The lowest BCUT2D eigenvalue weighted by atomic mass is 10.1. The fourth-order valence-corrected chi connectivity index (χ4v) is 3.23. The molecule has 0 aliphatic heterocycles. The van der Waals surface area contributed by atoms with Gasteiger partial charge >= 0.3 is 0 Å². The molecular formula is C15H19NO5S. The van der Waals surface area contributed by atoms with Gasteiger partial charge in [0.2, 0.25) is 10.0 Å². The molecule has 22 heavy (non-hydrogen) atoms. The molecule has 2 rings (SSSR count). The summed E-state index contributed by atoms with van der Waals surface area (Å²) in [7, 11) is -2.22. The van der Waals surface area contributed by atoms with E-state index in [0.29, 0.717) is 17.1 Å². The largest absolute Gasteiger partial charge is 0.496 e. The highest BCUT2D eigenvalue weighted by Gasteiger charge is 2.28. The first-order valence-electron chi connectivity index (χ1n) is 6.67. The van der Waals surface area contributed by atoms with Gasteiger partial charge in [0.05, 0.1) is 18.3 Å². The Bertz CT molecular complexity index is 735. The van der Waals surface area contributed by atoms with Crippen LogP contribution in [0.5, 0.6) is 5.75 Å². The number of benzene rings is 1. The number of rotatable bonds is 6. The van der Waals surface area contributed by atoms with Crippen LogP contribution in [0.4, 0.5) is 0 Å². The van der Waals surface area contributed by atoms with Crippen LogP contribution in [0.25, 0.3) is 0 Å². The Morgan fingerprint density at radius 2 is 2.09 bits per heavy atom. The van der Waals surface area contributed by atoms with Crippen LogP contribution < -0.4 is 9.46 Å². The molecule has 0 bridgehead atoms. The SMILES string of the molecule is COc1ccc(S(=O)(=O)NCC(C)(O)c2ccco2)cc1C. The summed E-state index contributed by atoms with van der Waals surface area (Å²) in [5, 5.41) is 10.3. The third kappa shape index (κ3) is 3.49. The number of sulfonamides is 1. The maximum atomic E-state index is 12.3. The van der Waals surface area contributed by atoms with Gasteiger partial charge in [-0.25, -0.2) is 13.1 Å². The van der Waals surface area contributed by atoms with Crippen molar-refractivity contribution in [2.24, 2.45) is 0 Å². The van der Waals surface area contributed by atoms with Gasteiger partial charge in [0.25, 0.3) is 0 Å². The molecular weight excluding hydrogens is 306 g/mol. The molecule has 0 saturated heterocycles. The van der Waals surface area contributed by atoms with Gasteiger partial charge in [-0.15, -0.1) is 0 Å². The molecule has 0 spiro atoms. The molecule has 1 aromatic heterocycles. The molecule has 120 valence electrons. The fraction of sp³-hybridized carbons (Fsp3) is 0.333. The molecule has 0 saturated carbocycles. The predicted octanol–water partition coefficient (Wildman–Crippen LogP) is 1.78. The van der Waals surface area contributed by atoms with Crippen LogP contribution >= 0.6 is 0 Å². The van der Waals surface area contributed by atoms with Crippen LogP contribution in [-0.4, -0.2) is 27.2 Å². The number of hydrogen-bond donors (Lipinski definition) is 2. The molecule has 0 radical (unpaired) electrons. The Kier molecular flexibility index (Phi) is 4.60. The van der Waals surface area contributed by atoms with E-state index in [-0.39, 0.29) is 11.4 Å². The van der Waals surface area contributed by atoms with Gasteiger partial charge in [0.15, 0.2) is 0 Å². The third-order valence-corrected chi connectivity index (χ3v) is 4.73. The van der Waals surface area contributed by atoms with E-state index in [9.17, 15) is 13.5 Å². The van der Waals surface area contributed by atoms with Gasteiger partial charge in [0, 0.05) is 6.54 Å². The van der Waals surface area contributed by atoms with E-state index in [1.807, 2.05) is 0 Å². The molecule has 7 heteroatoms. The topological polar surface area (TPSA) is 88.8 Å². The zero-order valence-electron chi connectivity index (χ0n) is 12.7.